The van der Waals surface area contributed by atoms with Crippen molar-refractivity contribution in [2.45, 2.75) is 45.3 Å². The molecule has 1 atom stereocenters. The van der Waals surface area contributed by atoms with Crippen LogP contribution in [0, 0.1) is 0 Å². The Morgan fingerprint density at radius 1 is 1.31 bits per heavy atom. The fourth-order valence-electron chi connectivity index (χ4n) is 1.22. The lowest BCUT2D eigenvalue weighted by Gasteiger charge is -2.24. The summed E-state index contributed by atoms with van der Waals surface area (Å²) in [5.74, 6) is -0.241. The fourth-order valence-corrected chi connectivity index (χ4v) is 1.22. The van der Waals surface area contributed by atoms with E-state index in [1.54, 1.807) is 0 Å². The van der Waals surface area contributed by atoms with Crippen molar-refractivity contribution in [1.29, 1.82) is 0 Å². The minimum Gasteiger partial charge on any atom is -0.459 e. The molecule has 0 rings (SSSR count). The van der Waals surface area contributed by atoms with Gasteiger partial charge in [-0.2, -0.15) is 0 Å². The summed E-state index contributed by atoms with van der Waals surface area (Å²) in [6, 6.07) is -0.323. The Kier molecular flexibility index (Phi) is 7.29. The van der Waals surface area contributed by atoms with E-state index in [0.717, 1.165) is 6.42 Å². The van der Waals surface area contributed by atoms with Gasteiger partial charge in [0.1, 0.15) is 11.6 Å². The number of ether oxygens (including phenoxy) is 1. The molecule has 0 saturated carbocycles. The number of carbonyl (C=O) groups is 1. The molecule has 0 aliphatic heterocycles. The molecule has 0 amide bonds. The smallest absolute Gasteiger partial charge is 0.323 e. The average molecular weight is 231 g/mol. The molecule has 5 nitrogen and oxygen atoms in total. The van der Waals surface area contributed by atoms with Crippen molar-refractivity contribution in [2.75, 3.05) is 19.6 Å². The van der Waals surface area contributed by atoms with Gasteiger partial charge in [-0.15, -0.1) is 0 Å². The number of hydrogen-bond donors (Lipinski definition) is 3. The van der Waals surface area contributed by atoms with Gasteiger partial charge in [0.25, 0.3) is 0 Å². The molecular weight excluding hydrogens is 206 g/mol. The Morgan fingerprint density at radius 2 is 1.94 bits per heavy atom. The summed E-state index contributed by atoms with van der Waals surface area (Å²) in [6.45, 7) is 7.33. The Bertz CT molecular complexity index is 202. The highest BCUT2D eigenvalue weighted by atomic mass is 16.6. The van der Waals surface area contributed by atoms with Crippen LogP contribution in [0.1, 0.15) is 33.6 Å². The van der Waals surface area contributed by atoms with Gasteiger partial charge < -0.3 is 21.5 Å². The van der Waals surface area contributed by atoms with Gasteiger partial charge in [0.2, 0.25) is 0 Å². The summed E-state index contributed by atoms with van der Waals surface area (Å²) in [5, 5.41) is 3.11. The molecule has 0 aliphatic carbocycles. The van der Waals surface area contributed by atoms with E-state index in [0.29, 0.717) is 26.1 Å². The molecule has 0 bridgehead atoms. The zero-order valence-corrected chi connectivity index (χ0v) is 10.6. The summed E-state index contributed by atoms with van der Waals surface area (Å²) >= 11 is 0. The molecule has 5 heteroatoms. The van der Waals surface area contributed by atoms with Gasteiger partial charge in [0, 0.05) is 0 Å². The largest absolute Gasteiger partial charge is 0.459 e. The van der Waals surface area contributed by atoms with Crippen LogP contribution in [0.25, 0.3) is 0 Å². The predicted molar refractivity (Wildman–Crippen MR) is 65.0 cm³/mol. The van der Waals surface area contributed by atoms with Gasteiger partial charge in [-0.25, -0.2) is 0 Å². The van der Waals surface area contributed by atoms with Crippen molar-refractivity contribution in [3.63, 3.8) is 0 Å². The second-order valence-corrected chi connectivity index (χ2v) is 4.76. The third-order valence-corrected chi connectivity index (χ3v) is 1.92. The van der Waals surface area contributed by atoms with Gasteiger partial charge in [-0.1, -0.05) is 0 Å². The molecule has 0 aliphatic rings. The Hall–Kier alpha value is -0.650. The fraction of sp³-hybridized carbons (Fsp3) is 0.909. The van der Waals surface area contributed by atoms with Crippen molar-refractivity contribution < 1.29 is 9.53 Å². The summed E-state index contributed by atoms with van der Waals surface area (Å²) in [5.41, 5.74) is 10.4. The van der Waals surface area contributed by atoms with Crippen molar-refractivity contribution in [1.82, 2.24) is 5.32 Å². The van der Waals surface area contributed by atoms with Gasteiger partial charge in [-0.05, 0) is 53.2 Å². The van der Waals surface area contributed by atoms with E-state index in [1.807, 2.05) is 20.8 Å². The van der Waals surface area contributed by atoms with E-state index in [-0.39, 0.29) is 12.0 Å². The Morgan fingerprint density at radius 3 is 2.38 bits per heavy atom. The molecule has 0 fully saturated rings. The number of nitrogens with two attached hydrogens (primary N) is 2. The van der Waals surface area contributed by atoms with Gasteiger partial charge in [-0.3, -0.25) is 4.79 Å². The lowest BCUT2D eigenvalue weighted by atomic mass is 10.1. The lowest BCUT2D eigenvalue weighted by molar-refractivity contribution is -0.157. The number of nitrogens with one attached hydrogen (secondary N) is 1. The van der Waals surface area contributed by atoms with Gasteiger partial charge >= 0.3 is 5.97 Å². The highest BCUT2D eigenvalue weighted by molar-refractivity contribution is 5.76. The van der Waals surface area contributed by atoms with E-state index in [2.05, 4.69) is 5.32 Å². The van der Waals surface area contributed by atoms with E-state index in [1.165, 1.54) is 0 Å². The maximum absolute atomic E-state index is 11.8. The number of rotatable bonds is 7. The molecule has 5 N–H and O–H groups in total. The van der Waals surface area contributed by atoms with Crippen LogP contribution in [0.3, 0.4) is 0 Å². The first kappa shape index (κ1) is 15.3. The zero-order valence-electron chi connectivity index (χ0n) is 10.6. The normalized spacial score (nSPS) is 13.6. The monoisotopic (exact) mass is 231 g/mol. The van der Waals surface area contributed by atoms with E-state index in [9.17, 15) is 4.79 Å². The molecule has 1 unspecified atom stereocenters. The minimum absolute atomic E-state index is 0.241. The molecule has 0 spiro atoms. The highest BCUT2D eigenvalue weighted by Crippen LogP contribution is 2.09. The van der Waals surface area contributed by atoms with Gasteiger partial charge in [0.15, 0.2) is 0 Å². The molecule has 0 aromatic carbocycles. The van der Waals surface area contributed by atoms with E-state index in [4.69, 9.17) is 16.2 Å². The number of carbonyl (C=O) groups excluding carboxylic acids is 1. The maximum atomic E-state index is 11.8. The van der Waals surface area contributed by atoms with Crippen molar-refractivity contribution in [2.24, 2.45) is 11.5 Å². The maximum Gasteiger partial charge on any atom is 0.323 e. The first-order valence-corrected chi connectivity index (χ1v) is 5.77. The van der Waals surface area contributed by atoms with Crippen LogP contribution in [-0.2, 0) is 9.53 Å². The summed E-state index contributed by atoms with van der Waals surface area (Å²) in [4.78, 5) is 11.8. The third-order valence-electron chi connectivity index (χ3n) is 1.92. The van der Waals surface area contributed by atoms with Crippen LogP contribution in [0.15, 0.2) is 0 Å². The second-order valence-electron chi connectivity index (χ2n) is 4.76. The van der Waals surface area contributed by atoms with Crippen LogP contribution in [0.4, 0.5) is 0 Å². The predicted octanol–water partition coefficient (Wildman–Crippen LogP) is -0.0161. The highest BCUT2D eigenvalue weighted by Gasteiger charge is 2.23. The van der Waals surface area contributed by atoms with Gasteiger partial charge in [0.05, 0.1) is 0 Å². The van der Waals surface area contributed by atoms with Crippen molar-refractivity contribution in [3.05, 3.63) is 0 Å². The van der Waals surface area contributed by atoms with E-state index < -0.39 is 5.60 Å². The second kappa shape index (κ2) is 7.60. The van der Waals surface area contributed by atoms with Crippen LogP contribution >= 0.6 is 0 Å². The van der Waals surface area contributed by atoms with Crippen molar-refractivity contribution >= 4 is 5.97 Å². The standard InChI is InChI=1S/C11H25N3O2/c1-11(2,3)16-10(15)9(5-7-13)14-8-4-6-12/h9,14H,4-8,12-13H2,1-3H3. The topological polar surface area (TPSA) is 90.4 Å². The molecule has 96 valence electrons. The third kappa shape index (κ3) is 7.62. The van der Waals surface area contributed by atoms with E-state index >= 15 is 0 Å². The van der Waals surface area contributed by atoms with Crippen LogP contribution < -0.4 is 16.8 Å². The lowest BCUT2D eigenvalue weighted by Crippen LogP contribution is -2.43. The molecule has 0 aromatic heterocycles. The van der Waals surface area contributed by atoms with Crippen molar-refractivity contribution in [3.8, 4) is 0 Å². The van der Waals surface area contributed by atoms with Crippen LogP contribution in [0.5, 0.6) is 0 Å². The number of hydrogen-bond acceptors (Lipinski definition) is 5. The summed E-state index contributed by atoms with van der Waals surface area (Å²) in [7, 11) is 0. The molecule has 0 heterocycles. The molecule has 16 heavy (non-hydrogen) atoms. The SMILES string of the molecule is CC(C)(C)OC(=O)C(CCN)NCCCN. The molecule has 0 saturated heterocycles. The Balaban J connectivity index is 4.12. The molecular formula is C11H25N3O2. The molecule has 0 radical (unpaired) electrons. The quantitative estimate of drug-likeness (QED) is 0.423. The zero-order chi connectivity index (χ0) is 12.6. The summed E-state index contributed by atoms with van der Waals surface area (Å²) in [6.07, 6.45) is 1.42. The minimum atomic E-state index is -0.459. The van der Waals surface area contributed by atoms with Crippen LogP contribution in [-0.4, -0.2) is 37.2 Å². The average Bonchev–Trinajstić information content (AvgIpc) is 2.14. The summed E-state index contributed by atoms with van der Waals surface area (Å²) < 4.78 is 5.29. The first-order valence-electron chi connectivity index (χ1n) is 5.77. The Labute approximate surface area is 97.9 Å². The number of esters is 1. The first-order chi connectivity index (χ1) is 7.40. The van der Waals surface area contributed by atoms with Crippen LogP contribution in [0.2, 0.25) is 0 Å². The molecule has 0 aromatic rings.